The summed E-state index contributed by atoms with van der Waals surface area (Å²) in [5.41, 5.74) is 0.906. The Morgan fingerprint density at radius 2 is 2.17 bits per heavy atom. The van der Waals surface area contributed by atoms with E-state index in [0.29, 0.717) is 33.9 Å². The highest BCUT2D eigenvalue weighted by Gasteiger charge is 2.24. The summed E-state index contributed by atoms with van der Waals surface area (Å²) in [6.45, 7) is 4.57. The van der Waals surface area contributed by atoms with Gasteiger partial charge in [-0.3, -0.25) is 4.79 Å². The number of ether oxygens (including phenoxy) is 1. The lowest BCUT2D eigenvalue weighted by Gasteiger charge is -2.13. The lowest BCUT2D eigenvalue weighted by molar-refractivity contribution is 0.0892. The molecule has 0 atom stereocenters. The molecule has 11 heteroatoms. The van der Waals surface area contributed by atoms with E-state index in [1.54, 1.807) is 17.5 Å². The van der Waals surface area contributed by atoms with E-state index < -0.39 is 11.9 Å². The molecule has 1 N–H and O–H groups in total. The first-order valence-corrected chi connectivity index (χ1v) is 10.6. The van der Waals surface area contributed by atoms with Crippen LogP contribution in [0.15, 0.2) is 34.3 Å². The van der Waals surface area contributed by atoms with E-state index in [1.807, 2.05) is 6.92 Å². The molecule has 3 aromatic heterocycles. The van der Waals surface area contributed by atoms with E-state index in [4.69, 9.17) is 9.26 Å². The SMILES string of the molecule is CCCCCOc1ccc(NC(=O)N(S)C(=O)c2cc(-c3csc(C)n3)on2)cn1. The molecule has 0 fully saturated rings. The highest BCUT2D eigenvalue weighted by Crippen LogP contribution is 2.23. The van der Waals surface area contributed by atoms with Crippen molar-refractivity contribution in [3.05, 3.63) is 40.5 Å². The van der Waals surface area contributed by atoms with Crippen molar-refractivity contribution in [3.63, 3.8) is 0 Å². The summed E-state index contributed by atoms with van der Waals surface area (Å²) in [5, 5.41) is 8.89. The van der Waals surface area contributed by atoms with Crippen LogP contribution in [0, 0.1) is 6.92 Å². The second kappa shape index (κ2) is 10.2. The van der Waals surface area contributed by atoms with Gasteiger partial charge in [-0.2, -0.15) is 0 Å². The molecule has 0 saturated carbocycles. The predicted molar refractivity (Wildman–Crippen MR) is 116 cm³/mol. The normalized spacial score (nSPS) is 10.6. The lowest BCUT2D eigenvalue weighted by Crippen LogP contribution is -2.32. The summed E-state index contributed by atoms with van der Waals surface area (Å²) in [5.74, 6) is 0.0699. The first-order valence-electron chi connectivity index (χ1n) is 9.30. The predicted octanol–water partition coefficient (Wildman–Crippen LogP) is 4.59. The number of thiol groups is 1. The number of carbonyl (C=O) groups is 2. The molecule has 0 radical (unpaired) electrons. The van der Waals surface area contributed by atoms with Gasteiger partial charge in [0.1, 0.15) is 5.69 Å². The molecule has 3 rings (SSSR count). The monoisotopic (exact) mass is 447 g/mol. The summed E-state index contributed by atoms with van der Waals surface area (Å²) in [6, 6.07) is 3.94. The van der Waals surface area contributed by atoms with Crippen LogP contribution in [0.1, 0.15) is 41.7 Å². The molecular formula is C19H21N5O4S2. The number of nitrogens with zero attached hydrogens (tertiary/aromatic N) is 4. The van der Waals surface area contributed by atoms with Crippen LogP contribution in [0.2, 0.25) is 0 Å². The Labute approximate surface area is 183 Å². The molecule has 158 valence electrons. The molecule has 3 heterocycles. The van der Waals surface area contributed by atoms with Crippen LogP contribution >= 0.6 is 24.2 Å². The van der Waals surface area contributed by atoms with E-state index in [0.717, 1.165) is 24.3 Å². The molecule has 0 spiro atoms. The largest absolute Gasteiger partial charge is 0.478 e. The summed E-state index contributed by atoms with van der Waals surface area (Å²) < 4.78 is 11.3. The van der Waals surface area contributed by atoms with Gasteiger partial charge < -0.3 is 14.6 Å². The third-order valence-electron chi connectivity index (χ3n) is 3.97. The van der Waals surface area contributed by atoms with Crippen LogP contribution in [0.25, 0.3) is 11.5 Å². The van der Waals surface area contributed by atoms with Gasteiger partial charge in [0.2, 0.25) is 5.88 Å². The number of amides is 3. The molecule has 0 aromatic carbocycles. The van der Waals surface area contributed by atoms with E-state index in [2.05, 4.69) is 40.2 Å². The molecule has 3 amide bonds. The molecule has 3 aromatic rings. The highest BCUT2D eigenvalue weighted by molar-refractivity contribution is 7.79. The zero-order chi connectivity index (χ0) is 21.5. The topological polar surface area (TPSA) is 110 Å². The maximum Gasteiger partial charge on any atom is 0.339 e. The molecule has 0 aliphatic rings. The van der Waals surface area contributed by atoms with Gasteiger partial charge in [-0.1, -0.05) is 37.7 Å². The first-order chi connectivity index (χ1) is 14.5. The Hall–Kier alpha value is -2.92. The number of hydrogen-bond donors (Lipinski definition) is 2. The van der Waals surface area contributed by atoms with Crippen molar-refractivity contribution in [2.24, 2.45) is 0 Å². The molecular weight excluding hydrogens is 426 g/mol. The van der Waals surface area contributed by atoms with Gasteiger partial charge in [-0.15, -0.1) is 11.3 Å². The number of anilines is 1. The number of imide groups is 1. The van der Waals surface area contributed by atoms with Gasteiger partial charge in [0.15, 0.2) is 11.5 Å². The fraction of sp³-hybridized carbons (Fsp3) is 0.316. The number of nitrogens with one attached hydrogen (secondary N) is 1. The number of pyridine rings is 1. The van der Waals surface area contributed by atoms with Crippen LogP contribution in [0.4, 0.5) is 10.5 Å². The Bertz CT molecular complexity index is 1000. The maximum atomic E-state index is 12.5. The van der Waals surface area contributed by atoms with Crippen molar-refractivity contribution < 1.29 is 18.8 Å². The van der Waals surface area contributed by atoms with Crippen molar-refractivity contribution in [2.75, 3.05) is 11.9 Å². The van der Waals surface area contributed by atoms with Gasteiger partial charge in [0, 0.05) is 17.5 Å². The van der Waals surface area contributed by atoms with Crippen molar-refractivity contribution in [1.29, 1.82) is 0 Å². The average Bonchev–Trinajstić information content (AvgIpc) is 3.40. The third kappa shape index (κ3) is 5.57. The van der Waals surface area contributed by atoms with Crippen molar-refractivity contribution in [2.45, 2.75) is 33.1 Å². The highest BCUT2D eigenvalue weighted by atomic mass is 32.1. The summed E-state index contributed by atoms with van der Waals surface area (Å²) in [7, 11) is 0. The molecule has 9 nitrogen and oxygen atoms in total. The number of hydrogen-bond acceptors (Lipinski definition) is 9. The third-order valence-corrected chi connectivity index (χ3v) is 5.11. The van der Waals surface area contributed by atoms with E-state index in [-0.39, 0.29) is 5.69 Å². The molecule has 0 unspecified atom stereocenters. The van der Waals surface area contributed by atoms with Gasteiger partial charge >= 0.3 is 6.03 Å². The van der Waals surface area contributed by atoms with Gasteiger partial charge in [-0.05, 0) is 19.4 Å². The molecule has 0 aliphatic heterocycles. The van der Waals surface area contributed by atoms with Crippen LogP contribution < -0.4 is 10.1 Å². The number of thiazole rings is 1. The van der Waals surface area contributed by atoms with Crippen LogP contribution in [-0.2, 0) is 0 Å². The summed E-state index contributed by atoms with van der Waals surface area (Å²) in [4.78, 5) is 33.2. The fourth-order valence-electron chi connectivity index (χ4n) is 2.42. The average molecular weight is 448 g/mol. The number of rotatable bonds is 8. The minimum Gasteiger partial charge on any atom is -0.478 e. The number of aromatic nitrogens is 3. The maximum absolute atomic E-state index is 12.5. The standard InChI is InChI=1S/C19H21N5O4S2/c1-3-4-5-8-27-17-7-6-13(10-20-17)22-19(26)24(29)18(25)14-9-16(28-23-14)15-11-30-12(2)21-15/h6-7,9-11,29H,3-5,8H2,1-2H3,(H,22,26). The minimum absolute atomic E-state index is 0.0604. The van der Waals surface area contributed by atoms with E-state index >= 15 is 0 Å². The second-order valence-corrected chi connectivity index (χ2v) is 7.78. The smallest absolute Gasteiger partial charge is 0.339 e. The quantitative estimate of drug-likeness (QED) is 0.384. The fourth-order valence-corrected chi connectivity index (χ4v) is 3.17. The van der Waals surface area contributed by atoms with E-state index in [9.17, 15) is 9.59 Å². The minimum atomic E-state index is -0.754. The zero-order valence-electron chi connectivity index (χ0n) is 16.5. The number of urea groups is 1. The van der Waals surface area contributed by atoms with Crippen LogP contribution in [0.3, 0.4) is 0 Å². The van der Waals surface area contributed by atoms with Gasteiger partial charge in [0.05, 0.1) is 23.5 Å². The summed E-state index contributed by atoms with van der Waals surface area (Å²) in [6.07, 6.45) is 4.61. The zero-order valence-corrected chi connectivity index (χ0v) is 18.2. The number of carbonyl (C=O) groups excluding carboxylic acids is 2. The number of aryl methyl sites for hydroxylation is 1. The molecule has 0 bridgehead atoms. The van der Waals surface area contributed by atoms with E-state index in [1.165, 1.54) is 23.6 Å². The van der Waals surface area contributed by atoms with Crippen LogP contribution in [-0.4, -0.2) is 38.0 Å². The molecule has 0 aliphatic carbocycles. The molecule has 0 saturated heterocycles. The van der Waals surface area contributed by atoms with Gasteiger partial charge in [0.25, 0.3) is 5.91 Å². The molecule has 30 heavy (non-hydrogen) atoms. The Kier molecular flexibility index (Phi) is 7.41. The Morgan fingerprint density at radius 1 is 1.33 bits per heavy atom. The number of unbranched alkanes of at least 4 members (excludes halogenated alkanes) is 2. The lowest BCUT2D eigenvalue weighted by atomic mass is 10.3. The van der Waals surface area contributed by atoms with Crippen LogP contribution in [0.5, 0.6) is 5.88 Å². The van der Waals surface area contributed by atoms with Gasteiger partial charge in [-0.25, -0.2) is 19.1 Å². The Morgan fingerprint density at radius 3 is 2.83 bits per heavy atom. The second-order valence-electron chi connectivity index (χ2n) is 6.32. The first kappa shape index (κ1) is 21.8. The van der Waals surface area contributed by atoms with Crippen molar-refractivity contribution in [3.8, 4) is 17.3 Å². The summed E-state index contributed by atoms with van der Waals surface area (Å²) >= 11 is 5.43. The van der Waals surface area contributed by atoms with Crippen molar-refractivity contribution >= 4 is 41.8 Å². The van der Waals surface area contributed by atoms with Crippen molar-refractivity contribution in [1.82, 2.24) is 19.4 Å². The Balaban J connectivity index is 1.56.